The van der Waals surface area contributed by atoms with Crippen molar-refractivity contribution in [1.29, 1.82) is 0 Å². The molecule has 1 atom stereocenters. The van der Waals surface area contributed by atoms with Crippen LogP contribution in [0.3, 0.4) is 0 Å². The lowest BCUT2D eigenvalue weighted by Crippen LogP contribution is -2.20. The van der Waals surface area contributed by atoms with E-state index in [0.717, 1.165) is 41.3 Å². The lowest BCUT2D eigenvalue weighted by Gasteiger charge is -2.22. The van der Waals surface area contributed by atoms with Crippen LogP contribution in [0.4, 0.5) is 0 Å². The Hall–Kier alpha value is -2.70. The predicted molar refractivity (Wildman–Crippen MR) is 86.9 cm³/mol. The average molecular weight is 326 g/mol. The number of aromatic nitrogens is 4. The Morgan fingerprint density at radius 3 is 3.04 bits per heavy atom. The van der Waals surface area contributed by atoms with Crippen molar-refractivity contribution in [2.45, 2.75) is 39.7 Å². The predicted octanol–water partition coefficient (Wildman–Crippen LogP) is 2.32. The van der Waals surface area contributed by atoms with E-state index < -0.39 is 0 Å². The van der Waals surface area contributed by atoms with E-state index in [2.05, 4.69) is 27.5 Å². The first-order chi connectivity index (χ1) is 11.6. The van der Waals surface area contributed by atoms with E-state index in [-0.39, 0.29) is 12.2 Å². The van der Waals surface area contributed by atoms with Gasteiger partial charge in [-0.3, -0.25) is 0 Å². The maximum atomic E-state index is 12.4. The number of ether oxygens (including phenoxy) is 1. The summed E-state index contributed by atoms with van der Waals surface area (Å²) in [6.07, 6.45) is 2.75. The fourth-order valence-corrected chi connectivity index (χ4v) is 3.35. The Balaban J connectivity index is 1.77. The summed E-state index contributed by atoms with van der Waals surface area (Å²) in [7, 11) is 0. The minimum absolute atomic E-state index is 0.203. The average Bonchev–Trinajstić information content (AvgIpc) is 3.08. The van der Waals surface area contributed by atoms with E-state index in [4.69, 9.17) is 9.15 Å². The van der Waals surface area contributed by atoms with Crippen LogP contribution < -0.4 is 10.4 Å². The van der Waals surface area contributed by atoms with Gasteiger partial charge in [-0.05, 0) is 49.8 Å². The number of rotatable bonds is 3. The third-order valence-corrected chi connectivity index (χ3v) is 4.67. The van der Waals surface area contributed by atoms with Crippen molar-refractivity contribution in [3.8, 4) is 5.75 Å². The van der Waals surface area contributed by atoms with Crippen LogP contribution in [0, 0.1) is 12.8 Å². The highest BCUT2D eigenvalue weighted by Gasteiger charge is 2.23. The summed E-state index contributed by atoms with van der Waals surface area (Å²) in [6, 6.07) is 3.89. The van der Waals surface area contributed by atoms with Crippen LogP contribution in [0.2, 0.25) is 0 Å². The number of aryl methyl sites for hydroxylation is 1. The third-order valence-electron chi connectivity index (χ3n) is 4.67. The molecule has 1 aromatic carbocycles. The molecule has 124 valence electrons. The molecule has 0 fully saturated rings. The number of tetrazole rings is 1. The largest absolute Gasteiger partial charge is 0.485 e. The van der Waals surface area contributed by atoms with Crippen LogP contribution in [0.5, 0.6) is 5.75 Å². The van der Waals surface area contributed by atoms with E-state index in [1.54, 1.807) is 0 Å². The van der Waals surface area contributed by atoms with Crippen LogP contribution >= 0.6 is 0 Å². The molecular weight excluding hydrogens is 308 g/mol. The molecule has 1 aliphatic carbocycles. The fourth-order valence-electron chi connectivity index (χ4n) is 3.35. The Kier molecular flexibility index (Phi) is 3.55. The summed E-state index contributed by atoms with van der Waals surface area (Å²) in [5.41, 5.74) is 3.17. The van der Waals surface area contributed by atoms with Gasteiger partial charge in [0.05, 0.1) is 0 Å². The van der Waals surface area contributed by atoms with Crippen molar-refractivity contribution in [3.05, 3.63) is 45.1 Å². The van der Waals surface area contributed by atoms with Gasteiger partial charge in [-0.25, -0.2) is 4.79 Å². The number of H-pyrrole nitrogens is 1. The number of fused-ring (bicyclic) bond motifs is 3. The minimum atomic E-state index is -0.220. The van der Waals surface area contributed by atoms with Crippen LogP contribution in [0.1, 0.15) is 35.9 Å². The van der Waals surface area contributed by atoms with Gasteiger partial charge in [-0.15, -0.1) is 10.2 Å². The van der Waals surface area contributed by atoms with Crippen molar-refractivity contribution < 1.29 is 9.15 Å². The summed E-state index contributed by atoms with van der Waals surface area (Å²) in [5.74, 6) is 1.70. The number of nitrogens with one attached hydrogen (secondary N) is 1. The van der Waals surface area contributed by atoms with Crippen molar-refractivity contribution in [2.75, 3.05) is 0 Å². The zero-order valence-corrected chi connectivity index (χ0v) is 13.6. The van der Waals surface area contributed by atoms with Crippen molar-refractivity contribution in [2.24, 2.45) is 5.92 Å². The normalized spacial score (nSPS) is 17.0. The van der Waals surface area contributed by atoms with Crippen molar-refractivity contribution >= 4 is 11.0 Å². The molecule has 24 heavy (non-hydrogen) atoms. The topological polar surface area (TPSA) is 93.9 Å². The second-order valence-corrected chi connectivity index (χ2v) is 6.38. The summed E-state index contributed by atoms with van der Waals surface area (Å²) in [6.45, 7) is 4.32. The first-order valence-corrected chi connectivity index (χ1v) is 8.06. The molecular formula is C17H18N4O3. The highest BCUT2D eigenvalue weighted by molar-refractivity contribution is 5.86. The molecule has 0 aliphatic heterocycles. The molecule has 2 heterocycles. The first kappa shape index (κ1) is 14.9. The molecule has 0 spiro atoms. The number of hydrogen-bond donors (Lipinski definition) is 1. The zero-order chi connectivity index (χ0) is 16.7. The van der Waals surface area contributed by atoms with Gasteiger partial charge < -0.3 is 9.15 Å². The molecule has 0 saturated carbocycles. The van der Waals surface area contributed by atoms with Gasteiger partial charge in [0.1, 0.15) is 11.3 Å². The first-order valence-electron chi connectivity index (χ1n) is 8.06. The zero-order valence-electron chi connectivity index (χ0n) is 13.6. The van der Waals surface area contributed by atoms with E-state index in [9.17, 15) is 4.79 Å². The lowest BCUT2D eigenvalue weighted by atomic mass is 9.84. The van der Waals surface area contributed by atoms with Crippen molar-refractivity contribution in [3.63, 3.8) is 0 Å². The van der Waals surface area contributed by atoms with Gasteiger partial charge in [0.15, 0.2) is 6.61 Å². The second-order valence-electron chi connectivity index (χ2n) is 6.38. The Labute approximate surface area is 138 Å². The quantitative estimate of drug-likeness (QED) is 0.742. The van der Waals surface area contributed by atoms with Gasteiger partial charge in [0.25, 0.3) is 0 Å². The van der Waals surface area contributed by atoms with E-state index >= 15 is 0 Å². The summed E-state index contributed by atoms with van der Waals surface area (Å²) in [5, 5.41) is 14.6. The van der Waals surface area contributed by atoms with Crippen LogP contribution in [0.25, 0.3) is 11.0 Å². The Morgan fingerprint density at radius 1 is 1.38 bits per heavy atom. The molecule has 4 rings (SSSR count). The smallest absolute Gasteiger partial charge is 0.339 e. The molecule has 0 bridgehead atoms. The lowest BCUT2D eigenvalue weighted by molar-refractivity contribution is 0.294. The van der Waals surface area contributed by atoms with Gasteiger partial charge in [-0.2, -0.15) is 5.21 Å². The molecule has 7 heteroatoms. The van der Waals surface area contributed by atoms with Gasteiger partial charge in [-0.1, -0.05) is 12.1 Å². The maximum Gasteiger partial charge on any atom is 0.339 e. The van der Waals surface area contributed by atoms with Crippen LogP contribution in [-0.4, -0.2) is 20.6 Å². The molecule has 0 radical (unpaired) electrons. The highest BCUT2D eigenvalue weighted by atomic mass is 16.5. The van der Waals surface area contributed by atoms with E-state index in [1.165, 1.54) is 0 Å². The number of benzene rings is 1. The summed E-state index contributed by atoms with van der Waals surface area (Å²) in [4.78, 5) is 12.4. The monoisotopic (exact) mass is 326 g/mol. The fraction of sp³-hybridized carbons (Fsp3) is 0.412. The number of aromatic amines is 1. The number of hydrogen-bond acceptors (Lipinski definition) is 6. The maximum absolute atomic E-state index is 12.4. The van der Waals surface area contributed by atoms with Gasteiger partial charge in [0.2, 0.25) is 5.82 Å². The summed E-state index contributed by atoms with van der Waals surface area (Å²) >= 11 is 0. The van der Waals surface area contributed by atoms with Crippen LogP contribution in [-0.2, 0) is 19.4 Å². The van der Waals surface area contributed by atoms with Crippen molar-refractivity contribution in [1.82, 2.24) is 20.6 Å². The van der Waals surface area contributed by atoms with Crippen LogP contribution in [0.15, 0.2) is 21.3 Å². The van der Waals surface area contributed by atoms with E-state index in [1.807, 2.05) is 19.1 Å². The molecule has 0 amide bonds. The highest BCUT2D eigenvalue weighted by Crippen LogP contribution is 2.34. The van der Waals surface area contributed by atoms with E-state index in [0.29, 0.717) is 23.1 Å². The molecule has 2 aromatic heterocycles. The Morgan fingerprint density at radius 2 is 2.25 bits per heavy atom. The number of nitrogens with zero attached hydrogens (tertiary/aromatic N) is 3. The standard InChI is InChI=1S/C17H18N4O3/c1-9-3-4-12-13(7-9)11-5-6-14(10(2)16(11)24-17(12)22)23-8-15-18-20-21-19-15/h5-6,9H,3-4,7-8H2,1-2H3,(H,18,19,20,21)/t9-/m0/s1. The molecule has 3 aromatic rings. The Bertz CT molecular complexity index is 947. The minimum Gasteiger partial charge on any atom is -0.485 e. The molecule has 0 saturated heterocycles. The SMILES string of the molecule is Cc1c(OCc2nn[nH]n2)ccc2c3c(c(=O)oc12)CC[C@H](C)C3. The molecule has 7 nitrogen and oxygen atoms in total. The van der Waals surface area contributed by atoms with Gasteiger partial charge >= 0.3 is 5.63 Å². The van der Waals surface area contributed by atoms with Gasteiger partial charge in [0, 0.05) is 16.5 Å². The third kappa shape index (κ3) is 2.46. The molecule has 1 N–H and O–H groups in total. The molecule has 0 unspecified atom stereocenters. The summed E-state index contributed by atoms with van der Waals surface area (Å²) < 4.78 is 11.4. The second kappa shape index (κ2) is 5.74. The molecule has 1 aliphatic rings.